The summed E-state index contributed by atoms with van der Waals surface area (Å²) in [5.74, 6) is 0. The van der Waals surface area contributed by atoms with Gasteiger partial charge in [0.1, 0.15) is 6.29 Å². The van der Waals surface area contributed by atoms with Crippen molar-refractivity contribution in [1.82, 2.24) is 9.32 Å². The molecule has 112 valence electrons. The van der Waals surface area contributed by atoms with Gasteiger partial charge < -0.3 is 14.3 Å². The summed E-state index contributed by atoms with van der Waals surface area (Å²) in [7, 11) is 1.64. The van der Waals surface area contributed by atoms with Gasteiger partial charge in [-0.1, -0.05) is 0 Å². The van der Waals surface area contributed by atoms with Crippen LogP contribution in [-0.4, -0.2) is 66.3 Å². The summed E-state index contributed by atoms with van der Waals surface area (Å²) in [5.41, 5.74) is -0.791. The molecular weight excluding hydrogens is 268 g/mol. The monoisotopic (exact) mass is 292 g/mol. The molecule has 0 amide bonds. The van der Waals surface area contributed by atoms with Gasteiger partial charge in [-0.2, -0.15) is 4.42 Å². The number of halogens is 1. The molecule has 1 unspecified atom stereocenters. The quantitative estimate of drug-likeness (QED) is 0.404. The summed E-state index contributed by atoms with van der Waals surface area (Å²) in [5, 5.41) is 0. The molecule has 1 heterocycles. The van der Waals surface area contributed by atoms with Crippen molar-refractivity contribution in [3.05, 3.63) is 0 Å². The standard InChI is InChI=1S/C13H25ClN2O3/c1-12(2)11(10-17)15(13(3,4)16(12)14)6-7-19-9-8-18-5/h10-11H,6-9H2,1-5H3. The molecule has 0 aromatic heterocycles. The minimum Gasteiger partial charge on any atom is -0.382 e. The average Bonchev–Trinajstić information content (AvgIpc) is 2.47. The number of ether oxygens (including phenoxy) is 2. The van der Waals surface area contributed by atoms with E-state index in [2.05, 4.69) is 4.90 Å². The summed E-state index contributed by atoms with van der Waals surface area (Å²) in [6.07, 6.45) is 0.972. The van der Waals surface area contributed by atoms with E-state index in [1.54, 1.807) is 11.5 Å². The molecule has 1 aliphatic rings. The van der Waals surface area contributed by atoms with Gasteiger partial charge >= 0.3 is 0 Å². The zero-order chi connectivity index (χ0) is 14.7. The van der Waals surface area contributed by atoms with E-state index in [4.69, 9.17) is 21.3 Å². The summed E-state index contributed by atoms with van der Waals surface area (Å²) < 4.78 is 12.1. The van der Waals surface area contributed by atoms with Gasteiger partial charge in [-0.3, -0.25) is 4.90 Å². The predicted octanol–water partition coefficient (Wildman–Crippen LogP) is 1.50. The van der Waals surface area contributed by atoms with Crippen LogP contribution < -0.4 is 0 Å². The Morgan fingerprint density at radius 3 is 2.37 bits per heavy atom. The Morgan fingerprint density at radius 1 is 1.21 bits per heavy atom. The fourth-order valence-corrected chi connectivity index (χ4v) is 2.91. The zero-order valence-electron chi connectivity index (χ0n) is 12.5. The van der Waals surface area contributed by atoms with E-state index < -0.39 is 5.54 Å². The van der Waals surface area contributed by atoms with Crippen LogP contribution in [0.1, 0.15) is 27.7 Å². The molecule has 0 aliphatic carbocycles. The highest BCUT2D eigenvalue weighted by Crippen LogP contribution is 2.42. The van der Waals surface area contributed by atoms with E-state index in [0.29, 0.717) is 26.4 Å². The molecule has 0 bridgehead atoms. The summed E-state index contributed by atoms with van der Waals surface area (Å²) in [6, 6.07) is -0.244. The molecular formula is C13H25ClN2O3. The van der Waals surface area contributed by atoms with Crippen molar-refractivity contribution in [1.29, 1.82) is 0 Å². The van der Waals surface area contributed by atoms with Crippen molar-refractivity contribution in [3.63, 3.8) is 0 Å². The highest BCUT2D eigenvalue weighted by molar-refractivity contribution is 6.14. The third-order valence-corrected chi connectivity index (χ3v) is 4.64. The van der Waals surface area contributed by atoms with Gasteiger partial charge in [0, 0.05) is 13.7 Å². The van der Waals surface area contributed by atoms with Crippen LogP contribution in [0.25, 0.3) is 0 Å². The molecule has 1 fully saturated rings. The van der Waals surface area contributed by atoms with Crippen LogP contribution in [0.4, 0.5) is 0 Å². The topological polar surface area (TPSA) is 42.0 Å². The van der Waals surface area contributed by atoms with Crippen molar-refractivity contribution >= 4 is 18.1 Å². The second-order valence-electron chi connectivity index (χ2n) is 5.81. The molecule has 0 N–H and O–H groups in total. The lowest BCUT2D eigenvalue weighted by Crippen LogP contribution is -2.49. The molecule has 0 spiro atoms. The van der Waals surface area contributed by atoms with E-state index in [1.165, 1.54) is 0 Å². The van der Waals surface area contributed by atoms with E-state index >= 15 is 0 Å². The number of aldehydes is 1. The number of nitrogens with zero attached hydrogens (tertiary/aromatic N) is 2. The maximum atomic E-state index is 11.4. The molecule has 0 aromatic rings. The van der Waals surface area contributed by atoms with Gasteiger partial charge in [-0.05, 0) is 39.5 Å². The Bertz CT molecular complexity index is 310. The van der Waals surface area contributed by atoms with Crippen LogP contribution >= 0.6 is 11.8 Å². The van der Waals surface area contributed by atoms with Crippen LogP contribution in [0.15, 0.2) is 0 Å². The van der Waals surface area contributed by atoms with Gasteiger partial charge in [0.25, 0.3) is 0 Å². The number of hydrogen-bond donors (Lipinski definition) is 0. The van der Waals surface area contributed by atoms with Gasteiger partial charge in [0.05, 0.1) is 37.1 Å². The fraction of sp³-hybridized carbons (Fsp3) is 0.923. The zero-order valence-corrected chi connectivity index (χ0v) is 13.2. The summed E-state index contributed by atoms with van der Waals surface area (Å²) in [6.45, 7) is 10.3. The van der Waals surface area contributed by atoms with Crippen LogP contribution in [0, 0.1) is 0 Å². The van der Waals surface area contributed by atoms with Crippen molar-refractivity contribution in [2.75, 3.05) is 33.5 Å². The molecule has 0 aromatic carbocycles. The van der Waals surface area contributed by atoms with Gasteiger partial charge in [0.15, 0.2) is 0 Å². The maximum Gasteiger partial charge on any atom is 0.139 e. The Kier molecular flexibility index (Phi) is 5.77. The van der Waals surface area contributed by atoms with Gasteiger partial charge in [0.2, 0.25) is 0 Å². The Balaban J connectivity index is 2.66. The molecule has 1 rings (SSSR count). The van der Waals surface area contributed by atoms with E-state index in [1.807, 2.05) is 27.7 Å². The first-order valence-electron chi connectivity index (χ1n) is 6.55. The lowest BCUT2D eigenvalue weighted by atomic mass is 9.97. The SMILES string of the molecule is COCCOCCN1C(C=O)C(C)(C)N(Cl)C1(C)C. The lowest BCUT2D eigenvalue weighted by Gasteiger charge is -2.36. The summed E-state index contributed by atoms with van der Waals surface area (Å²) >= 11 is 6.40. The van der Waals surface area contributed by atoms with Crippen molar-refractivity contribution in [2.45, 2.75) is 44.9 Å². The Hall–Kier alpha value is -0.200. The fourth-order valence-electron chi connectivity index (χ4n) is 2.72. The largest absolute Gasteiger partial charge is 0.382 e. The highest BCUT2D eigenvalue weighted by atomic mass is 35.5. The van der Waals surface area contributed by atoms with E-state index in [9.17, 15) is 4.79 Å². The maximum absolute atomic E-state index is 11.4. The van der Waals surface area contributed by atoms with Crippen molar-refractivity contribution < 1.29 is 14.3 Å². The normalized spacial score (nSPS) is 26.7. The third kappa shape index (κ3) is 3.28. The minimum atomic E-state index is -0.403. The molecule has 19 heavy (non-hydrogen) atoms. The van der Waals surface area contributed by atoms with Gasteiger partial charge in [-0.25, -0.2) is 0 Å². The second kappa shape index (κ2) is 6.50. The van der Waals surface area contributed by atoms with Crippen LogP contribution in [0.3, 0.4) is 0 Å². The first kappa shape index (κ1) is 16.9. The Morgan fingerprint density at radius 2 is 1.84 bits per heavy atom. The second-order valence-corrected chi connectivity index (χ2v) is 6.15. The first-order valence-corrected chi connectivity index (χ1v) is 6.88. The van der Waals surface area contributed by atoms with Crippen LogP contribution in [-0.2, 0) is 14.3 Å². The number of rotatable bonds is 7. The van der Waals surface area contributed by atoms with Crippen LogP contribution in [0.2, 0.25) is 0 Å². The van der Waals surface area contributed by atoms with E-state index in [-0.39, 0.29) is 11.7 Å². The highest BCUT2D eigenvalue weighted by Gasteiger charge is 2.56. The Labute approximate surface area is 120 Å². The average molecular weight is 293 g/mol. The molecule has 6 heteroatoms. The van der Waals surface area contributed by atoms with Crippen LogP contribution in [0.5, 0.6) is 0 Å². The van der Waals surface area contributed by atoms with E-state index in [0.717, 1.165) is 6.29 Å². The molecule has 5 nitrogen and oxygen atoms in total. The number of methoxy groups -OCH3 is 1. The minimum absolute atomic E-state index is 0.244. The number of carbonyl (C=O) groups excluding carboxylic acids is 1. The number of carbonyl (C=O) groups is 1. The lowest BCUT2D eigenvalue weighted by molar-refractivity contribution is -0.114. The molecule has 0 radical (unpaired) electrons. The van der Waals surface area contributed by atoms with Gasteiger partial charge in [-0.15, -0.1) is 0 Å². The first-order chi connectivity index (χ1) is 8.80. The van der Waals surface area contributed by atoms with Crippen molar-refractivity contribution in [2.24, 2.45) is 0 Å². The van der Waals surface area contributed by atoms with Crippen molar-refractivity contribution in [3.8, 4) is 0 Å². The number of hydrogen-bond acceptors (Lipinski definition) is 5. The molecule has 1 saturated heterocycles. The predicted molar refractivity (Wildman–Crippen MR) is 75.1 cm³/mol. The summed E-state index contributed by atoms with van der Waals surface area (Å²) in [4.78, 5) is 13.5. The smallest absolute Gasteiger partial charge is 0.139 e. The third-order valence-electron chi connectivity index (χ3n) is 3.79. The molecule has 1 aliphatic heterocycles. The molecule has 1 atom stereocenters. The molecule has 0 saturated carbocycles.